The SMILES string of the molecule is Cc1cncc(-n2c(=O)nc(Nc3cc4c(cc3C)OCC4)n(Cc3cc(F)c(F)c(F)c3)c2=O)c1. The Labute approximate surface area is 202 Å². The van der Waals surface area contributed by atoms with Crippen molar-refractivity contribution in [3.8, 4) is 11.4 Å². The topological polar surface area (TPSA) is 91.0 Å². The van der Waals surface area contributed by atoms with E-state index in [4.69, 9.17) is 4.74 Å². The normalized spacial score (nSPS) is 12.4. The number of aromatic nitrogens is 4. The van der Waals surface area contributed by atoms with Crippen molar-refractivity contribution in [2.24, 2.45) is 0 Å². The summed E-state index contributed by atoms with van der Waals surface area (Å²) in [6.45, 7) is 3.71. The molecule has 36 heavy (non-hydrogen) atoms. The second-order valence-corrected chi connectivity index (χ2v) is 8.51. The van der Waals surface area contributed by atoms with Gasteiger partial charge in [-0.3, -0.25) is 9.55 Å². The number of nitrogens with one attached hydrogen (secondary N) is 1. The summed E-state index contributed by atoms with van der Waals surface area (Å²) >= 11 is 0. The minimum Gasteiger partial charge on any atom is -0.493 e. The number of aryl methyl sites for hydroxylation is 2. The molecule has 11 heteroatoms. The number of halogens is 3. The molecule has 4 aromatic rings. The molecule has 3 heterocycles. The molecule has 8 nitrogen and oxygen atoms in total. The average molecular weight is 495 g/mol. The van der Waals surface area contributed by atoms with E-state index in [1.54, 1.807) is 19.2 Å². The minimum atomic E-state index is -1.62. The van der Waals surface area contributed by atoms with Crippen LogP contribution in [0.1, 0.15) is 22.3 Å². The van der Waals surface area contributed by atoms with Gasteiger partial charge in [-0.05, 0) is 66.4 Å². The number of rotatable bonds is 5. The molecule has 0 aliphatic carbocycles. The van der Waals surface area contributed by atoms with E-state index in [2.05, 4.69) is 15.3 Å². The lowest BCUT2D eigenvalue weighted by Crippen LogP contribution is -2.41. The maximum atomic E-state index is 13.9. The summed E-state index contributed by atoms with van der Waals surface area (Å²) in [5.74, 6) is -3.80. The standard InChI is InChI=1S/C25H20F3N5O3/c1-13-5-17(11-29-10-13)33-24(34)31-23(30-20-9-16-3-4-36-21(16)6-14(20)2)32(25(33)35)12-15-7-18(26)22(28)19(27)8-15/h5-11H,3-4,12H2,1-2H3,(H,30,31,34). The number of nitrogens with zero attached hydrogens (tertiary/aromatic N) is 4. The average Bonchev–Trinajstić information content (AvgIpc) is 3.27. The molecule has 0 amide bonds. The van der Waals surface area contributed by atoms with E-state index in [9.17, 15) is 22.8 Å². The zero-order chi connectivity index (χ0) is 25.6. The van der Waals surface area contributed by atoms with E-state index in [1.807, 2.05) is 19.1 Å². The van der Waals surface area contributed by atoms with Crippen LogP contribution in [-0.2, 0) is 13.0 Å². The van der Waals surface area contributed by atoms with Crippen molar-refractivity contribution in [3.05, 3.63) is 103 Å². The molecule has 2 aromatic heterocycles. The van der Waals surface area contributed by atoms with Crippen LogP contribution in [0.15, 0.2) is 52.3 Å². The van der Waals surface area contributed by atoms with Gasteiger partial charge >= 0.3 is 11.4 Å². The molecule has 0 saturated heterocycles. The molecular formula is C25H20F3N5O3. The van der Waals surface area contributed by atoms with Crippen LogP contribution >= 0.6 is 0 Å². The lowest BCUT2D eigenvalue weighted by Gasteiger charge is -2.17. The number of hydrogen-bond acceptors (Lipinski definition) is 6. The number of ether oxygens (including phenoxy) is 1. The van der Waals surface area contributed by atoms with Crippen molar-refractivity contribution >= 4 is 11.6 Å². The van der Waals surface area contributed by atoms with Crippen molar-refractivity contribution in [2.45, 2.75) is 26.8 Å². The number of fused-ring (bicyclic) bond motifs is 1. The molecule has 0 spiro atoms. The van der Waals surface area contributed by atoms with E-state index in [0.29, 0.717) is 24.3 Å². The van der Waals surface area contributed by atoms with E-state index in [-0.39, 0.29) is 17.2 Å². The molecule has 2 aromatic carbocycles. The highest BCUT2D eigenvalue weighted by Crippen LogP contribution is 2.32. The Morgan fingerprint density at radius 3 is 2.50 bits per heavy atom. The summed E-state index contributed by atoms with van der Waals surface area (Å²) in [5.41, 5.74) is 1.44. The van der Waals surface area contributed by atoms with Crippen LogP contribution in [-0.4, -0.2) is 25.7 Å². The van der Waals surface area contributed by atoms with Crippen LogP contribution in [0.4, 0.5) is 24.8 Å². The molecule has 5 rings (SSSR count). The van der Waals surface area contributed by atoms with Gasteiger partial charge in [0, 0.05) is 18.3 Å². The summed E-state index contributed by atoms with van der Waals surface area (Å²) < 4.78 is 48.8. The maximum Gasteiger partial charge on any atom is 0.359 e. The Balaban J connectivity index is 1.67. The van der Waals surface area contributed by atoms with Crippen molar-refractivity contribution in [1.29, 1.82) is 0 Å². The molecule has 0 unspecified atom stereocenters. The highest BCUT2D eigenvalue weighted by molar-refractivity contribution is 5.63. The first kappa shape index (κ1) is 23.3. The summed E-state index contributed by atoms with van der Waals surface area (Å²) in [6, 6.07) is 6.82. The fourth-order valence-corrected chi connectivity index (χ4v) is 4.08. The van der Waals surface area contributed by atoms with Crippen LogP contribution in [0, 0.1) is 31.3 Å². The lowest BCUT2D eigenvalue weighted by atomic mass is 10.1. The Morgan fingerprint density at radius 1 is 1.03 bits per heavy atom. The largest absolute Gasteiger partial charge is 0.493 e. The monoisotopic (exact) mass is 495 g/mol. The van der Waals surface area contributed by atoms with Crippen LogP contribution in [0.5, 0.6) is 5.75 Å². The van der Waals surface area contributed by atoms with Gasteiger partial charge in [0.25, 0.3) is 0 Å². The van der Waals surface area contributed by atoms with Crippen LogP contribution in [0.25, 0.3) is 5.69 Å². The molecule has 184 valence electrons. The Hall–Kier alpha value is -4.41. The molecule has 0 fully saturated rings. The first-order valence-electron chi connectivity index (χ1n) is 11.0. The fourth-order valence-electron chi connectivity index (χ4n) is 4.08. The van der Waals surface area contributed by atoms with Gasteiger partial charge in [-0.2, -0.15) is 4.98 Å². The number of anilines is 2. The van der Waals surface area contributed by atoms with Gasteiger partial charge in [-0.25, -0.2) is 27.3 Å². The van der Waals surface area contributed by atoms with E-state index >= 15 is 0 Å². The number of pyridine rings is 1. The predicted octanol–water partition coefficient (Wildman–Crippen LogP) is 3.55. The first-order chi connectivity index (χ1) is 17.2. The van der Waals surface area contributed by atoms with E-state index in [1.165, 1.54) is 6.20 Å². The zero-order valence-electron chi connectivity index (χ0n) is 19.3. The maximum absolute atomic E-state index is 13.9. The summed E-state index contributed by atoms with van der Waals surface area (Å²) in [6.07, 6.45) is 3.58. The van der Waals surface area contributed by atoms with Crippen molar-refractivity contribution in [3.63, 3.8) is 0 Å². The number of hydrogen-bond donors (Lipinski definition) is 1. The van der Waals surface area contributed by atoms with Gasteiger partial charge in [-0.15, -0.1) is 0 Å². The summed E-state index contributed by atoms with van der Waals surface area (Å²) in [5, 5.41) is 3.01. The van der Waals surface area contributed by atoms with Crippen LogP contribution in [0.2, 0.25) is 0 Å². The van der Waals surface area contributed by atoms with E-state index in [0.717, 1.165) is 38.1 Å². The van der Waals surface area contributed by atoms with Gasteiger partial charge in [0.15, 0.2) is 17.5 Å². The highest BCUT2D eigenvalue weighted by Gasteiger charge is 2.20. The van der Waals surface area contributed by atoms with Gasteiger partial charge in [0.2, 0.25) is 5.95 Å². The van der Waals surface area contributed by atoms with Crippen molar-refractivity contribution in [2.75, 3.05) is 11.9 Å². The molecule has 0 radical (unpaired) electrons. The van der Waals surface area contributed by atoms with Gasteiger partial charge in [0.1, 0.15) is 5.75 Å². The van der Waals surface area contributed by atoms with Gasteiger partial charge < -0.3 is 10.1 Å². The minimum absolute atomic E-state index is 0.0370. The predicted molar refractivity (Wildman–Crippen MR) is 126 cm³/mol. The third-order valence-corrected chi connectivity index (χ3v) is 5.86. The fraction of sp³-hybridized carbons (Fsp3) is 0.200. The molecular weight excluding hydrogens is 475 g/mol. The van der Waals surface area contributed by atoms with Gasteiger partial charge in [-0.1, -0.05) is 0 Å². The molecule has 1 aliphatic heterocycles. The summed E-state index contributed by atoms with van der Waals surface area (Å²) in [7, 11) is 0. The molecule has 0 saturated carbocycles. The third kappa shape index (κ3) is 4.23. The highest BCUT2D eigenvalue weighted by atomic mass is 19.2. The van der Waals surface area contributed by atoms with Gasteiger partial charge in [0.05, 0.1) is 25.0 Å². The van der Waals surface area contributed by atoms with Crippen molar-refractivity contribution in [1.82, 2.24) is 19.1 Å². The Kier molecular flexibility index (Phi) is 5.83. The second-order valence-electron chi connectivity index (χ2n) is 8.51. The molecule has 1 aliphatic rings. The molecule has 0 bridgehead atoms. The second kappa shape index (κ2) is 8.99. The zero-order valence-corrected chi connectivity index (χ0v) is 19.3. The molecule has 1 N–H and O–H groups in total. The van der Waals surface area contributed by atoms with Crippen molar-refractivity contribution < 1.29 is 17.9 Å². The Morgan fingerprint density at radius 2 is 1.78 bits per heavy atom. The first-order valence-corrected chi connectivity index (χ1v) is 11.0. The van der Waals surface area contributed by atoms with Crippen LogP contribution < -0.4 is 21.4 Å². The van der Waals surface area contributed by atoms with E-state index < -0.39 is 35.4 Å². The third-order valence-electron chi connectivity index (χ3n) is 5.86. The van der Waals surface area contributed by atoms with Crippen LogP contribution in [0.3, 0.4) is 0 Å². The Bertz CT molecular complexity index is 1610. The smallest absolute Gasteiger partial charge is 0.359 e. The summed E-state index contributed by atoms with van der Waals surface area (Å²) in [4.78, 5) is 34.6. The molecule has 0 atom stereocenters. The number of benzene rings is 2. The lowest BCUT2D eigenvalue weighted by molar-refractivity contribution is 0.356. The quantitative estimate of drug-likeness (QED) is 0.426.